The zero-order chi connectivity index (χ0) is 12.9. The van der Waals surface area contributed by atoms with Crippen molar-refractivity contribution in [3.63, 3.8) is 0 Å². The van der Waals surface area contributed by atoms with E-state index >= 15 is 0 Å². The van der Waals surface area contributed by atoms with E-state index in [1.165, 1.54) is 0 Å². The molecule has 0 saturated heterocycles. The fourth-order valence-corrected chi connectivity index (χ4v) is 1.75. The highest BCUT2D eigenvalue weighted by molar-refractivity contribution is 5.76. The van der Waals surface area contributed by atoms with Gasteiger partial charge in [0.15, 0.2) is 0 Å². The van der Waals surface area contributed by atoms with Crippen LogP contribution in [0.1, 0.15) is 26.0 Å². The zero-order valence-electron chi connectivity index (χ0n) is 11.0. The monoisotopic (exact) mass is 237 g/mol. The van der Waals surface area contributed by atoms with Crippen LogP contribution in [0.25, 0.3) is 0 Å². The maximum atomic E-state index is 11.9. The number of nitrogens with one attached hydrogen (secondary N) is 1. The van der Waals surface area contributed by atoms with E-state index < -0.39 is 0 Å². The van der Waals surface area contributed by atoms with Gasteiger partial charge in [-0.15, -0.1) is 0 Å². The van der Waals surface area contributed by atoms with Crippen molar-refractivity contribution in [1.82, 2.24) is 9.88 Å². The molecule has 17 heavy (non-hydrogen) atoms. The van der Waals surface area contributed by atoms with Gasteiger partial charge in [-0.05, 0) is 30.5 Å². The fraction of sp³-hybridized carbons (Fsp3) is 0.615. The number of aromatic nitrogens is 1. The molecule has 0 aliphatic carbocycles. The van der Waals surface area contributed by atoms with Crippen LogP contribution in [0.4, 0.5) is 0 Å². The van der Waals surface area contributed by atoms with Crippen molar-refractivity contribution in [2.45, 2.75) is 26.7 Å². The van der Waals surface area contributed by atoms with Gasteiger partial charge >= 0.3 is 0 Å². The lowest BCUT2D eigenvalue weighted by molar-refractivity contribution is -0.131. The molecule has 0 fully saturated rings. The highest BCUT2D eigenvalue weighted by atomic mass is 16.2. The normalized spacial score (nSPS) is 11.5. The highest BCUT2D eigenvalue weighted by Crippen LogP contribution is 2.14. The minimum atomic E-state index is -0.0170. The maximum absolute atomic E-state index is 11.9. The number of nitrogens with zero attached hydrogens (tertiary/aromatic N) is 1. The van der Waals surface area contributed by atoms with Crippen LogP contribution in [-0.4, -0.2) is 35.9 Å². The molecule has 0 unspecified atom stereocenters. The van der Waals surface area contributed by atoms with Gasteiger partial charge in [0, 0.05) is 31.9 Å². The van der Waals surface area contributed by atoms with Crippen LogP contribution in [0, 0.1) is 5.41 Å². The van der Waals surface area contributed by atoms with Crippen molar-refractivity contribution in [2.75, 3.05) is 20.1 Å². The Bertz CT molecular complexity index is 344. The predicted octanol–water partition coefficient (Wildman–Crippen LogP) is 1.39. The molecule has 3 N–H and O–H groups in total. The predicted molar refractivity (Wildman–Crippen MR) is 69.6 cm³/mol. The molecule has 4 heteroatoms. The lowest BCUT2D eigenvalue weighted by Crippen LogP contribution is -2.39. The summed E-state index contributed by atoms with van der Waals surface area (Å²) < 4.78 is 0. The first-order valence-electron chi connectivity index (χ1n) is 6.01. The number of amides is 1. The third-order valence-electron chi connectivity index (χ3n) is 2.91. The molecular weight excluding hydrogens is 214 g/mol. The Morgan fingerprint density at radius 1 is 1.53 bits per heavy atom. The van der Waals surface area contributed by atoms with Gasteiger partial charge in [0.1, 0.15) is 0 Å². The Hall–Kier alpha value is -1.29. The molecule has 0 saturated carbocycles. The summed E-state index contributed by atoms with van der Waals surface area (Å²) in [6.45, 7) is 5.43. The van der Waals surface area contributed by atoms with E-state index in [1.54, 1.807) is 4.90 Å². The number of hydrogen-bond acceptors (Lipinski definition) is 2. The van der Waals surface area contributed by atoms with Crippen LogP contribution < -0.4 is 5.73 Å². The molecule has 1 heterocycles. The van der Waals surface area contributed by atoms with E-state index in [0.29, 0.717) is 19.5 Å². The van der Waals surface area contributed by atoms with E-state index in [-0.39, 0.29) is 11.3 Å². The summed E-state index contributed by atoms with van der Waals surface area (Å²) in [6.07, 6.45) is 3.18. The number of aryl methyl sites for hydroxylation is 1. The van der Waals surface area contributed by atoms with Gasteiger partial charge in [-0.25, -0.2) is 0 Å². The summed E-state index contributed by atoms with van der Waals surface area (Å²) in [7, 11) is 1.84. The van der Waals surface area contributed by atoms with Crippen molar-refractivity contribution in [3.8, 4) is 0 Å². The molecule has 0 aliphatic rings. The number of rotatable bonds is 6. The highest BCUT2D eigenvalue weighted by Gasteiger charge is 2.20. The molecule has 0 aliphatic heterocycles. The molecule has 1 aromatic rings. The van der Waals surface area contributed by atoms with Gasteiger partial charge in [0.25, 0.3) is 0 Å². The summed E-state index contributed by atoms with van der Waals surface area (Å²) in [5, 5.41) is 0. The molecule has 0 aromatic carbocycles. The first-order valence-corrected chi connectivity index (χ1v) is 6.01. The molecule has 96 valence electrons. The Balaban J connectivity index is 2.37. The van der Waals surface area contributed by atoms with E-state index in [0.717, 1.165) is 12.1 Å². The first kappa shape index (κ1) is 13.8. The van der Waals surface area contributed by atoms with Crippen LogP contribution in [0.15, 0.2) is 18.3 Å². The van der Waals surface area contributed by atoms with Crippen molar-refractivity contribution in [3.05, 3.63) is 24.0 Å². The number of aromatic amines is 1. The third-order valence-corrected chi connectivity index (χ3v) is 2.91. The van der Waals surface area contributed by atoms with Crippen molar-refractivity contribution in [2.24, 2.45) is 11.1 Å². The molecule has 0 bridgehead atoms. The van der Waals surface area contributed by atoms with Gasteiger partial charge in [0.2, 0.25) is 5.91 Å². The first-order chi connectivity index (χ1) is 7.94. The van der Waals surface area contributed by atoms with Gasteiger partial charge < -0.3 is 15.6 Å². The second-order valence-electron chi connectivity index (χ2n) is 5.31. The van der Waals surface area contributed by atoms with Crippen LogP contribution in [0.3, 0.4) is 0 Å². The summed E-state index contributed by atoms with van der Waals surface area (Å²) in [5.41, 5.74) is 6.75. The molecule has 0 atom stereocenters. The summed E-state index contributed by atoms with van der Waals surface area (Å²) in [5.74, 6) is 0.168. The minimum Gasteiger partial charge on any atom is -0.365 e. The smallest absolute Gasteiger partial charge is 0.222 e. The lowest BCUT2D eigenvalue weighted by Gasteiger charge is -2.29. The van der Waals surface area contributed by atoms with Crippen LogP contribution in [0.5, 0.6) is 0 Å². The van der Waals surface area contributed by atoms with E-state index in [1.807, 2.05) is 25.4 Å². The Kier molecular flexibility index (Phi) is 4.75. The summed E-state index contributed by atoms with van der Waals surface area (Å²) in [6, 6.07) is 3.94. The molecular formula is C13H23N3O. The van der Waals surface area contributed by atoms with Crippen LogP contribution >= 0.6 is 0 Å². The third kappa shape index (κ3) is 4.61. The molecule has 0 radical (unpaired) electrons. The van der Waals surface area contributed by atoms with Crippen molar-refractivity contribution < 1.29 is 4.79 Å². The minimum absolute atomic E-state index is 0.0170. The number of carbonyl (C=O) groups is 1. The topological polar surface area (TPSA) is 62.1 Å². The number of nitrogens with two attached hydrogens (primary N) is 1. The zero-order valence-corrected chi connectivity index (χ0v) is 11.0. The summed E-state index contributed by atoms with van der Waals surface area (Å²) in [4.78, 5) is 16.8. The Labute approximate surface area is 103 Å². The molecule has 0 spiro atoms. The van der Waals surface area contributed by atoms with E-state index in [4.69, 9.17) is 5.73 Å². The van der Waals surface area contributed by atoms with Gasteiger partial charge in [-0.1, -0.05) is 13.8 Å². The second-order valence-corrected chi connectivity index (χ2v) is 5.31. The lowest BCUT2D eigenvalue weighted by atomic mass is 9.93. The van der Waals surface area contributed by atoms with Gasteiger partial charge in [-0.2, -0.15) is 0 Å². The Morgan fingerprint density at radius 3 is 2.76 bits per heavy atom. The molecule has 1 rings (SSSR count). The van der Waals surface area contributed by atoms with Crippen molar-refractivity contribution in [1.29, 1.82) is 0 Å². The number of H-pyrrole nitrogens is 1. The fourth-order valence-electron chi connectivity index (χ4n) is 1.75. The molecule has 4 nitrogen and oxygen atoms in total. The van der Waals surface area contributed by atoms with Gasteiger partial charge in [-0.3, -0.25) is 4.79 Å². The van der Waals surface area contributed by atoms with Crippen LogP contribution in [-0.2, 0) is 11.2 Å². The standard InChI is InChI=1S/C13H23N3O/c1-13(2,9-14)10-16(3)12(17)7-6-11-5-4-8-15-11/h4-5,8,15H,6-7,9-10,14H2,1-3H3. The summed E-state index contributed by atoms with van der Waals surface area (Å²) >= 11 is 0. The number of carbonyl (C=O) groups excluding carboxylic acids is 1. The number of hydrogen-bond donors (Lipinski definition) is 2. The Morgan fingerprint density at radius 2 is 2.24 bits per heavy atom. The van der Waals surface area contributed by atoms with E-state index in [2.05, 4.69) is 18.8 Å². The van der Waals surface area contributed by atoms with Gasteiger partial charge in [0.05, 0.1) is 0 Å². The van der Waals surface area contributed by atoms with E-state index in [9.17, 15) is 4.79 Å². The molecule has 1 amide bonds. The van der Waals surface area contributed by atoms with Crippen molar-refractivity contribution >= 4 is 5.91 Å². The van der Waals surface area contributed by atoms with Crippen LogP contribution in [0.2, 0.25) is 0 Å². The quantitative estimate of drug-likeness (QED) is 0.785. The SMILES string of the molecule is CN(CC(C)(C)CN)C(=O)CCc1ccc[nH]1. The maximum Gasteiger partial charge on any atom is 0.222 e. The average Bonchev–Trinajstić information content (AvgIpc) is 2.78. The average molecular weight is 237 g/mol. The molecule has 1 aromatic heterocycles. The largest absolute Gasteiger partial charge is 0.365 e. The second kappa shape index (κ2) is 5.87.